The number of H-pyrrole nitrogens is 1. The second kappa shape index (κ2) is 4.70. The fourth-order valence-corrected chi connectivity index (χ4v) is 2.01. The predicted octanol–water partition coefficient (Wildman–Crippen LogP) is 2.68. The summed E-state index contributed by atoms with van der Waals surface area (Å²) in [6.45, 7) is 1.93. The third kappa shape index (κ3) is 2.33. The molecule has 0 saturated carbocycles. The zero-order valence-electron chi connectivity index (χ0n) is 10.8. The van der Waals surface area contributed by atoms with Gasteiger partial charge in [-0.2, -0.15) is 0 Å². The second-order valence-corrected chi connectivity index (χ2v) is 4.55. The number of hydrogen-bond donors (Lipinski definition) is 2. The third-order valence-corrected chi connectivity index (χ3v) is 2.96. The summed E-state index contributed by atoms with van der Waals surface area (Å²) < 4.78 is 4.95. The molecule has 100 valence electrons. The maximum Gasteiger partial charge on any atom is 0.417 e. The van der Waals surface area contributed by atoms with Crippen LogP contribution < -0.4 is 11.1 Å². The van der Waals surface area contributed by atoms with E-state index in [1.807, 2.05) is 25.1 Å². The van der Waals surface area contributed by atoms with E-state index in [-0.39, 0.29) is 5.91 Å². The monoisotopic (exact) mass is 268 g/mol. The number of aromatic amines is 1. The molecule has 3 aromatic rings. The normalized spacial score (nSPS) is 10.7. The highest BCUT2D eigenvalue weighted by Crippen LogP contribution is 2.17. The minimum Gasteiger partial charge on any atom is -0.408 e. The lowest BCUT2D eigenvalue weighted by Gasteiger charge is -2.05. The number of hydrogen-bond acceptors (Lipinski definition) is 3. The number of fused-ring (bicyclic) bond motifs is 1. The molecule has 0 unspecified atom stereocenters. The fraction of sp³-hybridized carbons (Fsp3) is 0.0667. The van der Waals surface area contributed by atoms with Gasteiger partial charge >= 0.3 is 5.76 Å². The van der Waals surface area contributed by atoms with Gasteiger partial charge in [-0.05, 0) is 31.2 Å². The molecule has 0 fully saturated rings. The molecule has 1 amide bonds. The Morgan fingerprint density at radius 3 is 2.85 bits per heavy atom. The van der Waals surface area contributed by atoms with Crippen molar-refractivity contribution in [1.29, 1.82) is 0 Å². The standard InChI is InChI=1S/C15H12N2O3/c1-9-3-2-4-10(7-9)14(18)16-11-5-6-12-13(8-11)20-15(19)17-12/h2-8H,1H3,(H,16,18)(H,17,19). The van der Waals surface area contributed by atoms with Crippen molar-refractivity contribution >= 4 is 22.7 Å². The summed E-state index contributed by atoms with van der Waals surface area (Å²) >= 11 is 0. The molecule has 0 bridgehead atoms. The van der Waals surface area contributed by atoms with Gasteiger partial charge in [-0.3, -0.25) is 9.78 Å². The van der Waals surface area contributed by atoms with E-state index in [0.29, 0.717) is 22.4 Å². The number of carbonyl (C=O) groups excluding carboxylic acids is 1. The number of carbonyl (C=O) groups is 1. The van der Waals surface area contributed by atoms with Crippen molar-refractivity contribution in [3.8, 4) is 0 Å². The lowest BCUT2D eigenvalue weighted by molar-refractivity contribution is 0.102. The number of amides is 1. The van der Waals surface area contributed by atoms with E-state index >= 15 is 0 Å². The zero-order valence-corrected chi connectivity index (χ0v) is 10.8. The van der Waals surface area contributed by atoms with Crippen molar-refractivity contribution in [2.24, 2.45) is 0 Å². The Hall–Kier alpha value is -2.82. The average Bonchev–Trinajstić information content (AvgIpc) is 2.78. The average molecular weight is 268 g/mol. The fourth-order valence-electron chi connectivity index (χ4n) is 2.01. The molecule has 5 heteroatoms. The van der Waals surface area contributed by atoms with E-state index in [0.717, 1.165) is 5.56 Å². The molecule has 0 saturated heterocycles. The van der Waals surface area contributed by atoms with Gasteiger partial charge in [0.15, 0.2) is 5.58 Å². The molecule has 0 spiro atoms. The lowest BCUT2D eigenvalue weighted by atomic mass is 10.1. The summed E-state index contributed by atoms with van der Waals surface area (Å²) in [5.41, 5.74) is 3.19. The second-order valence-electron chi connectivity index (χ2n) is 4.55. The minimum absolute atomic E-state index is 0.203. The van der Waals surface area contributed by atoms with E-state index in [2.05, 4.69) is 10.3 Å². The minimum atomic E-state index is -0.512. The van der Waals surface area contributed by atoms with Crippen LogP contribution in [0.3, 0.4) is 0 Å². The van der Waals surface area contributed by atoms with Crippen molar-refractivity contribution < 1.29 is 9.21 Å². The summed E-state index contributed by atoms with van der Waals surface area (Å²) in [5.74, 6) is -0.715. The molecule has 0 aliphatic carbocycles. The highest BCUT2D eigenvalue weighted by atomic mass is 16.4. The maximum absolute atomic E-state index is 12.1. The predicted molar refractivity (Wildman–Crippen MR) is 76.0 cm³/mol. The van der Waals surface area contributed by atoms with E-state index < -0.39 is 5.76 Å². The van der Waals surface area contributed by atoms with Crippen molar-refractivity contribution in [2.75, 3.05) is 5.32 Å². The van der Waals surface area contributed by atoms with Crippen LogP contribution in [-0.2, 0) is 0 Å². The van der Waals surface area contributed by atoms with Gasteiger partial charge in [0.25, 0.3) is 5.91 Å². The highest BCUT2D eigenvalue weighted by Gasteiger charge is 2.08. The van der Waals surface area contributed by atoms with Gasteiger partial charge in [0.2, 0.25) is 0 Å². The first-order chi connectivity index (χ1) is 9.61. The molecule has 2 aromatic carbocycles. The molecule has 0 aliphatic rings. The molecule has 20 heavy (non-hydrogen) atoms. The number of aromatic nitrogens is 1. The molecule has 3 rings (SSSR count). The van der Waals surface area contributed by atoms with Crippen molar-refractivity contribution in [2.45, 2.75) is 6.92 Å². The first kappa shape index (κ1) is 12.2. The Labute approximate surface area is 114 Å². The van der Waals surface area contributed by atoms with Gasteiger partial charge in [-0.15, -0.1) is 0 Å². The molecule has 1 heterocycles. The first-order valence-corrected chi connectivity index (χ1v) is 6.13. The Morgan fingerprint density at radius 1 is 1.20 bits per heavy atom. The van der Waals surface area contributed by atoms with E-state index in [4.69, 9.17) is 4.42 Å². The summed E-state index contributed by atoms with van der Waals surface area (Å²) in [7, 11) is 0. The Balaban J connectivity index is 1.88. The molecule has 0 radical (unpaired) electrons. The van der Waals surface area contributed by atoms with Gasteiger partial charge in [0, 0.05) is 17.3 Å². The molecule has 0 atom stereocenters. The Kier molecular flexibility index (Phi) is 2.87. The van der Waals surface area contributed by atoms with Crippen LogP contribution in [0.4, 0.5) is 5.69 Å². The van der Waals surface area contributed by atoms with Crippen molar-refractivity contribution in [1.82, 2.24) is 4.98 Å². The maximum atomic E-state index is 12.1. The number of anilines is 1. The highest BCUT2D eigenvalue weighted by molar-refractivity contribution is 6.04. The van der Waals surface area contributed by atoms with Crippen LogP contribution in [0.15, 0.2) is 51.7 Å². The Bertz CT molecular complexity index is 845. The lowest BCUT2D eigenvalue weighted by Crippen LogP contribution is -2.11. The number of aryl methyl sites for hydroxylation is 1. The SMILES string of the molecule is Cc1cccc(C(=O)Nc2ccc3[nH]c(=O)oc3c2)c1. The third-order valence-electron chi connectivity index (χ3n) is 2.96. The summed E-state index contributed by atoms with van der Waals surface area (Å²) in [4.78, 5) is 25.7. The molecule has 1 aromatic heterocycles. The zero-order chi connectivity index (χ0) is 14.1. The van der Waals surface area contributed by atoms with Gasteiger partial charge in [-0.1, -0.05) is 17.7 Å². The summed E-state index contributed by atoms with van der Waals surface area (Å²) in [6.07, 6.45) is 0. The van der Waals surface area contributed by atoms with Crippen LogP contribution in [-0.4, -0.2) is 10.9 Å². The van der Waals surface area contributed by atoms with Gasteiger partial charge in [0.05, 0.1) is 5.52 Å². The Morgan fingerprint density at radius 2 is 2.05 bits per heavy atom. The largest absolute Gasteiger partial charge is 0.417 e. The molecule has 0 aliphatic heterocycles. The van der Waals surface area contributed by atoms with Crippen molar-refractivity contribution in [3.05, 3.63) is 64.1 Å². The molecule has 2 N–H and O–H groups in total. The topological polar surface area (TPSA) is 75.1 Å². The molecule has 5 nitrogen and oxygen atoms in total. The number of benzene rings is 2. The van der Waals surface area contributed by atoms with E-state index in [1.165, 1.54) is 0 Å². The van der Waals surface area contributed by atoms with Crippen LogP contribution in [0.5, 0.6) is 0 Å². The summed E-state index contributed by atoms with van der Waals surface area (Å²) in [5, 5.41) is 2.77. The molecular weight excluding hydrogens is 256 g/mol. The van der Waals surface area contributed by atoms with Crippen LogP contribution in [0.2, 0.25) is 0 Å². The van der Waals surface area contributed by atoms with E-state index in [9.17, 15) is 9.59 Å². The van der Waals surface area contributed by atoms with Gasteiger partial charge in [0.1, 0.15) is 0 Å². The van der Waals surface area contributed by atoms with Gasteiger partial charge < -0.3 is 9.73 Å². The smallest absolute Gasteiger partial charge is 0.408 e. The number of rotatable bonds is 2. The first-order valence-electron chi connectivity index (χ1n) is 6.13. The number of oxazole rings is 1. The van der Waals surface area contributed by atoms with Crippen LogP contribution in [0.1, 0.15) is 15.9 Å². The summed E-state index contributed by atoms with van der Waals surface area (Å²) in [6, 6.07) is 12.3. The van der Waals surface area contributed by atoms with E-state index in [1.54, 1.807) is 24.3 Å². The van der Waals surface area contributed by atoms with Crippen molar-refractivity contribution in [3.63, 3.8) is 0 Å². The van der Waals surface area contributed by atoms with Crippen LogP contribution >= 0.6 is 0 Å². The molecular formula is C15H12N2O3. The van der Waals surface area contributed by atoms with Gasteiger partial charge in [-0.25, -0.2) is 4.79 Å². The van der Waals surface area contributed by atoms with Crippen LogP contribution in [0, 0.1) is 6.92 Å². The number of nitrogens with one attached hydrogen (secondary N) is 2. The van der Waals surface area contributed by atoms with Crippen LogP contribution in [0.25, 0.3) is 11.1 Å². The quantitative estimate of drug-likeness (QED) is 0.750.